The molecule has 0 fully saturated rings. The fourth-order valence-corrected chi connectivity index (χ4v) is 3.91. The largest absolute Gasteiger partial charge is 0.493 e. The highest BCUT2D eigenvalue weighted by Gasteiger charge is 2.25. The van der Waals surface area contributed by atoms with Crippen LogP contribution in [0, 0.1) is 12.7 Å². The molecule has 0 atom stereocenters. The molecule has 0 saturated carbocycles. The monoisotopic (exact) mass is 445 g/mol. The molecule has 31 heavy (non-hydrogen) atoms. The fraction of sp³-hybridized carbons (Fsp3) is 0.143. The Morgan fingerprint density at radius 3 is 2.45 bits per heavy atom. The normalized spacial score (nSPS) is 11.0. The molecule has 0 bridgehead atoms. The van der Waals surface area contributed by atoms with E-state index in [1.807, 2.05) is 6.92 Å². The number of anilines is 2. The van der Waals surface area contributed by atoms with Crippen LogP contribution in [0.1, 0.15) is 15.9 Å². The lowest BCUT2D eigenvalue weighted by atomic mass is 10.1. The molecule has 1 amide bonds. The van der Waals surface area contributed by atoms with Crippen molar-refractivity contribution in [3.8, 4) is 11.5 Å². The minimum Gasteiger partial charge on any atom is -0.493 e. The molecule has 0 aliphatic rings. The molecule has 1 heterocycles. The van der Waals surface area contributed by atoms with Crippen LogP contribution in [0.15, 0.2) is 59.6 Å². The van der Waals surface area contributed by atoms with Crippen LogP contribution in [0.25, 0.3) is 0 Å². The van der Waals surface area contributed by atoms with Crippen LogP contribution in [-0.4, -0.2) is 33.5 Å². The molecule has 3 aromatic rings. The number of sulfonamides is 1. The summed E-state index contributed by atoms with van der Waals surface area (Å²) in [4.78, 5) is 16.7. The van der Waals surface area contributed by atoms with Crippen LogP contribution in [0.3, 0.4) is 0 Å². The zero-order valence-electron chi connectivity index (χ0n) is 17.0. The molecule has 2 aromatic carbocycles. The number of pyridine rings is 1. The van der Waals surface area contributed by atoms with Gasteiger partial charge in [0, 0.05) is 12.3 Å². The van der Waals surface area contributed by atoms with Gasteiger partial charge in [0.1, 0.15) is 11.6 Å². The summed E-state index contributed by atoms with van der Waals surface area (Å²) in [5.74, 6) is -1.06. The SMILES string of the molecule is COc1cc(S(=O)(=O)Nc2ccccc2F)cc(C(=O)Nc2cc(C)ccn2)c1OC. The van der Waals surface area contributed by atoms with E-state index in [0.717, 1.165) is 17.7 Å². The Hall–Kier alpha value is -3.66. The maximum Gasteiger partial charge on any atom is 0.262 e. The third-order valence-corrected chi connectivity index (χ3v) is 5.63. The topological polar surface area (TPSA) is 107 Å². The van der Waals surface area contributed by atoms with Crippen LogP contribution in [0.2, 0.25) is 0 Å². The van der Waals surface area contributed by atoms with Crippen molar-refractivity contribution in [1.29, 1.82) is 0 Å². The summed E-state index contributed by atoms with van der Waals surface area (Å²) < 4.78 is 52.4. The van der Waals surface area contributed by atoms with Gasteiger partial charge in [-0.1, -0.05) is 12.1 Å². The molecule has 162 valence electrons. The molecule has 0 aliphatic heterocycles. The van der Waals surface area contributed by atoms with Gasteiger partial charge in [-0.3, -0.25) is 9.52 Å². The van der Waals surface area contributed by atoms with Gasteiger partial charge in [-0.15, -0.1) is 0 Å². The number of amides is 1. The molecule has 3 rings (SSSR count). The molecule has 10 heteroatoms. The number of aryl methyl sites for hydroxylation is 1. The number of para-hydroxylation sites is 1. The van der Waals surface area contributed by atoms with Crippen LogP contribution in [0.5, 0.6) is 11.5 Å². The van der Waals surface area contributed by atoms with E-state index in [1.165, 1.54) is 44.7 Å². The molecule has 1 aromatic heterocycles. The first-order valence-corrected chi connectivity index (χ1v) is 10.5. The van der Waals surface area contributed by atoms with Crippen molar-refractivity contribution in [2.24, 2.45) is 0 Å². The van der Waals surface area contributed by atoms with Gasteiger partial charge in [0.15, 0.2) is 11.5 Å². The Bertz CT molecular complexity index is 1230. The number of hydrogen-bond acceptors (Lipinski definition) is 6. The summed E-state index contributed by atoms with van der Waals surface area (Å²) in [6, 6.07) is 11.1. The molecule has 2 N–H and O–H groups in total. The summed E-state index contributed by atoms with van der Waals surface area (Å²) in [5.41, 5.74) is 0.548. The third kappa shape index (κ3) is 4.92. The van der Waals surface area contributed by atoms with E-state index in [1.54, 1.807) is 12.1 Å². The number of hydrogen-bond donors (Lipinski definition) is 2. The van der Waals surface area contributed by atoms with Crippen molar-refractivity contribution in [3.05, 3.63) is 71.7 Å². The smallest absolute Gasteiger partial charge is 0.262 e. The van der Waals surface area contributed by atoms with Crippen LogP contribution >= 0.6 is 0 Å². The third-order valence-electron chi connectivity index (χ3n) is 4.28. The Morgan fingerprint density at radius 1 is 1.06 bits per heavy atom. The van der Waals surface area contributed by atoms with Gasteiger partial charge in [-0.25, -0.2) is 17.8 Å². The predicted molar refractivity (Wildman–Crippen MR) is 114 cm³/mol. The number of rotatable bonds is 7. The zero-order chi connectivity index (χ0) is 22.6. The quantitative estimate of drug-likeness (QED) is 0.576. The van der Waals surface area contributed by atoms with E-state index >= 15 is 0 Å². The van der Waals surface area contributed by atoms with Crippen molar-refractivity contribution in [3.63, 3.8) is 0 Å². The lowest BCUT2D eigenvalue weighted by Gasteiger charge is -2.16. The zero-order valence-corrected chi connectivity index (χ0v) is 17.8. The summed E-state index contributed by atoms with van der Waals surface area (Å²) in [5, 5.41) is 2.60. The van der Waals surface area contributed by atoms with E-state index in [0.29, 0.717) is 0 Å². The first-order valence-electron chi connectivity index (χ1n) is 9.02. The van der Waals surface area contributed by atoms with Gasteiger partial charge in [0.05, 0.1) is 30.4 Å². The Morgan fingerprint density at radius 2 is 1.81 bits per heavy atom. The van der Waals surface area contributed by atoms with Crippen LogP contribution in [-0.2, 0) is 10.0 Å². The summed E-state index contributed by atoms with van der Waals surface area (Å²) in [7, 11) is -1.62. The van der Waals surface area contributed by atoms with Gasteiger partial charge in [-0.05, 0) is 42.8 Å². The van der Waals surface area contributed by atoms with Crippen molar-refractivity contribution < 1.29 is 27.1 Å². The fourth-order valence-electron chi connectivity index (χ4n) is 2.80. The molecule has 0 radical (unpaired) electrons. The van der Waals surface area contributed by atoms with Crippen LogP contribution < -0.4 is 19.5 Å². The standard InChI is InChI=1S/C21H20FN3O5S/c1-13-8-9-23-19(10-13)24-21(26)15-11-14(12-18(29-2)20(15)30-3)31(27,28)25-17-7-5-4-6-16(17)22/h4-12,25H,1-3H3,(H,23,24,26). The van der Waals surface area contributed by atoms with E-state index < -0.39 is 21.7 Å². The van der Waals surface area contributed by atoms with Gasteiger partial charge >= 0.3 is 0 Å². The second kappa shape index (κ2) is 9.00. The number of carbonyl (C=O) groups is 1. The molecule has 0 saturated heterocycles. The number of ether oxygens (including phenoxy) is 2. The van der Waals surface area contributed by atoms with Crippen molar-refractivity contribution >= 4 is 27.4 Å². The minimum absolute atomic E-state index is 0.0151. The molecule has 8 nitrogen and oxygen atoms in total. The average Bonchev–Trinajstić information content (AvgIpc) is 2.74. The molecular formula is C21H20FN3O5S. The Labute approximate surface area is 179 Å². The maximum absolute atomic E-state index is 13.9. The van der Waals surface area contributed by atoms with Gasteiger partial charge < -0.3 is 14.8 Å². The number of halogens is 1. The first-order chi connectivity index (χ1) is 14.7. The van der Waals surface area contributed by atoms with Crippen molar-refractivity contribution in [2.75, 3.05) is 24.3 Å². The highest BCUT2D eigenvalue weighted by atomic mass is 32.2. The van der Waals surface area contributed by atoms with Crippen molar-refractivity contribution in [2.45, 2.75) is 11.8 Å². The van der Waals surface area contributed by atoms with E-state index in [9.17, 15) is 17.6 Å². The molecule has 0 spiro atoms. The lowest BCUT2D eigenvalue weighted by molar-refractivity contribution is 0.102. The van der Waals surface area contributed by atoms with Crippen molar-refractivity contribution in [1.82, 2.24) is 4.98 Å². The summed E-state index contributed by atoms with van der Waals surface area (Å²) >= 11 is 0. The summed E-state index contributed by atoms with van der Waals surface area (Å²) in [6.45, 7) is 1.84. The highest BCUT2D eigenvalue weighted by Crippen LogP contribution is 2.35. The highest BCUT2D eigenvalue weighted by molar-refractivity contribution is 7.92. The van der Waals surface area contributed by atoms with E-state index in [2.05, 4.69) is 15.0 Å². The number of carbonyl (C=O) groups excluding carboxylic acids is 1. The van der Waals surface area contributed by atoms with E-state index in [4.69, 9.17) is 9.47 Å². The van der Waals surface area contributed by atoms with Crippen LogP contribution in [0.4, 0.5) is 15.9 Å². The predicted octanol–water partition coefficient (Wildman–Crippen LogP) is 3.60. The second-order valence-electron chi connectivity index (χ2n) is 6.46. The Kier molecular flexibility index (Phi) is 6.40. The molecule has 0 unspecified atom stereocenters. The van der Waals surface area contributed by atoms with Gasteiger partial charge in [0.25, 0.3) is 15.9 Å². The number of nitrogens with zero attached hydrogens (tertiary/aromatic N) is 1. The molecule has 0 aliphatic carbocycles. The maximum atomic E-state index is 13.9. The Balaban J connectivity index is 2.04. The lowest BCUT2D eigenvalue weighted by Crippen LogP contribution is -2.18. The van der Waals surface area contributed by atoms with E-state index in [-0.39, 0.29) is 33.5 Å². The number of nitrogens with one attached hydrogen (secondary N) is 2. The number of methoxy groups -OCH3 is 2. The van der Waals surface area contributed by atoms with Gasteiger partial charge in [-0.2, -0.15) is 0 Å². The van der Waals surface area contributed by atoms with Gasteiger partial charge in [0.2, 0.25) is 0 Å². The summed E-state index contributed by atoms with van der Waals surface area (Å²) in [6.07, 6.45) is 1.53. The minimum atomic E-state index is -4.25. The second-order valence-corrected chi connectivity index (χ2v) is 8.15. The number of aromatic nitrogens is 1. The first kappa shape index (κ1) is 22.0. The molecular weight excluding hydrogens is 425 g/mol. The average molecular weight is 445 g/mol. The number of benzene rings is 2.